The first-order valence-electron chi connectivity index (χ1n) is 5.36. The first kappa shape index (κ1) is 12.2. The van der Waals surface area contributed by atoms with Crippen LogP contribution in [0.2, 0.25) is 0 Å². The Morgan fingerprint density at radius 2 is 2.24 bits per heavy atom. The fourth-order valence-electron chi connectivity index (χ4n) is 1.53. The van der Waals surface area contributed by atoms with Gasteiger partial charge in [0.2, 0.25) is 0 Å². The van der Waals surface area contributed by atoms with E-state index in [9.17, 15) is 9.90 Å². The standard InChI is InChI=1S/C12H13BrO4/c1-16-9-5-4-8(13)10(12(14)15)11(9)17-6-7-2-3-7/h4-5,7H,2-3,6H2,1H3,(H,14,15). The third-order valence-corrected chi connectivity index (χ3v) is 3.33. The molecule has 0 bridgehead atoms. The molecule has 0 amide bonds. The molecule has 0 radical (unpaired) electrons. The Morgan fingerprint density at radius 3 is 2.76 bits per heavy atom. The number of hydrogen-bond donors (Lipinski definition) is 1. The summed E-state index contributed by atoms with van der Waals surface area (Å²) in [4.78, 5) is 11.2. The van der Waals surface area contributed by atoms with Crippen molar-refractivity contribution in [3.8, 4) is 11.5 Å². The van der Waals surface area contributed by atoms with Crippen LogP contribution in [0.15, 0.2) is 16.6 Å². The zero-order valence-corrected chi connectivity index (χ0v) is 11.0. The highest BCUT2D eigenvalue weighted by molar-refractivity contribution is 9.10. The Hall–Kier alpha value is -1.23. The Morgan fingerprint density at radius 1 is 1.53 bits per heavy atom. The number of ether oxygens (including phenoxy) is 2. The number of aromatic carboxylic acids is 1. The number of carboxylic acid groups (broad SMARTS) is 1. The molecule has 0 aromatic heterocycles. The average Bonchev–Trinajstić information content (AvgIpc) is 3.09. The van der Waals surface area contributed by atoms with Crippen molar-refractivity contribution >= 4 is 21.9 Å². The van der Waals surface area contributed by atoms with Crippen LogP contribution in [0.4, 0.5) is 0 Å². The molecule has 92 valence electrons. The molecule has 0 unspecified atom stereocenters. The minimum atomic E-state index is -1.03. The third-order valence-electron chi connectivity index (χ3n) is 2.66. The lowest BCUT2D eigenvalue weighted by Gasteiger charge is -2.14. The van der Waals surface area contributed by atoms with Crippen molar-refractivity contribution in [1.29, 1.82) is 0 Å². The minimum Gasteiger partial charge on any atom is -0.493 e. The number of carboxylic acids is 1. The van der Waals surface area contributed by atoms with Crippen molar-refractivity contribution in [2.45, 2.75) is 12.8 Å². The van der Waals surface area contributed by atoms with E-state index in [1.807, 2.05) is 0 Å². The number of carbonyl (C=O) groups is 1. The topological polar surface area (TPSA) is 55.8 Å². The molecule has 1 saturated carbocycles. The predicted molar refractivity (Wildman–Crippen MR) is 65.9 cm³/mol. The van der Waals surface area contributed by atoms with Crippen molar-refractivity contribution < 1.29 is 19.4 Å². The van der Waals surface area contributed by atoms with E-state index in [2.05, 4.69) is 15.9 Å². The summed E-state index contributed by atoms with van der Waals surface area (Å²) in [5, 5.41) is 9.18. The van der Waals surface area contributed by atoms with E-state index in [1.165, 1.54) is 7.11 Å². The molecule has 5 heteroatoms. The molecule has 0 aliphatic heterocycles. The first-order chi connectivity index (χ1) is 8.13. The fourth-order valence-corrected chi connectivity index (χ4v) is 2.01. The van der Waals surface area contributed by atoms with E-state index in [0.717, 1.165) is 12.8 Å². The SMILES string of the molecule is COc1ccc(Br)c(C(=O)O)c1OCC1CC1. The van der Waals surface area contributed by atoms with Gasteiger partial charge < -0.3 is 14.6 Å². The van der Waals surface area contributed by atoms with Crippen LogP contribution in [0.25, 0.3) is 0 Å². The molecule has 0 heterocycles. The van der Waals surface area contributed by atoms with Gasteiger partial charge in [0.25, 0.3) is 0 Å². The summed E-state index contributed by atoms with van der Waals surface area (Å²) in [6.07, 6.45) is 2.30. The Balaban J connectivity index is 2.34. The van der Waals surface area contributed by atoms with Gasteiger partial charge in [-0.2, -0.15) is 0 Å². The highest BCUT2D eigenvalue weighted by Gasteiger charge is 2.25. The van der Waals surface area contributed by atoms with E-state index < -0.39 is 5.97 Å². The van der Waals surface area contributed by atoms with Gasteiger partial charge in [0.15, 0.2) is 11.5 Å². The van der Waals surface area contributed by atoms with Gasteiger partial charge in [-0.1, -0.05) is 0 Å². The van der Waals surface area contributed by atoms with Gasteiger partial charge >= 0.3 is 5.97 Å². The molecule has 4 nitrogen and oxygen atoms in total. The molecule has 2 rings (SSSR count). The summed E-state index contributed by atoms with van der Waals surface area (Å²) in [5.74, 6) is 0.287. The van der Waals surface area contributed by atoms with Crippen LogP contribution in [0.5, 0.6) is 11.5 Å². The van der Waals surface area contributed by atoms with Gasteiger partial charge in [-0.05, 0) is 46.8 Å². The maximum atomic E-state index is 11.2. The van der Waals surface area contributed by atoms with E-state index in [4.69, 9.17) is 9.47 Å². The van der Waals surface area contributed by atoms with Crippen LogP contribution in [0.1, 0.15) is 23.2 Å². The second kappa shape index (κ2) is 4.96. The lowest BCUT2D eigenvalue weighted by molar-refractivity contribution is 0.0690. The zero-order chi connectivity index (χ0) is 12.4. The largest absolute Gasteiger partial charge is 0.493 e. The van der Waals surface area contributed by atoms with Crippen molar-refractivity contribution in [3.05, 3.63) is 22.2 Å². The van der Waals surface area contributed by atoms with Gasteiger partial charge in [-0.15, -0.1) is 0 Å². The molecule has 0 atom stereocenters. The molecule has 17 heavy (non-hydrogen) atoms. The van der Waals surface area contributed by atoms with Crippen LogP contribution < -0.4 is 9.47 Å². The summed E-state index contributed by atoms with van der Waals surface area (Å²) in [5.41, 5.74) is 0.116. The monoisotopic (exact) mass is 300 g/mol. The third kappa shape index (κ3) is 2.72. The van der Waals surface area contributed by atoms with Gasteiger partial charge in [-0.25, -0.2) is 4.79 Å². The van der Waals surface area contributed by atoms with Gasteiger partial charge in [0, 0.05) is 4.47 Å². The number of halogens is 1. The molecule has 1 aliphatic rings. The highest BCUT2D eigenvalue weighted by Crippen LogP contribution is 2.38. The number of hydrogen-bond acceptors (Lipinski definition) is 3. The fraction of sp³-hybridized carbons (Fsp3) is 0.417. The molecule has 1 N–H and O–H groups in total. The first-order valence-corrected chi connectivity index (χ1v) is 6.15. The van der Waals surface area contributed by atoms with E-state index in [-0.39, 0.29) is 5.56 Å². The normalized spacial score (nSPS) is 14.5. The number of rotatable bonds is 5. The second-order valence-electron chi connectivity index (χ2n) is 4.01. The van der Waals surface area contributed by atoms with Crippen LogP contribution >= 0.6 is 15.9 Å². The molecule has 1 aromatic carbocycles. The van der Waals surface area contributed by atoms with E-state index >= 15 is 0 Å². The van der Waals surface area contributed by atoms with Crippen LogP contribution in [-0.4, -0.2) is 24.8 Å². The lowest BCUT2D eigenvalue weighted by atomic mass is 10.2. The van der Waals surface area contributed by atoms with Gasteiger partial charge in [0.1, 0.15) is 5.56 Å². The summed E-state index contributed by atoms with van der Waals surface area (Å²) in [6.45, 7) is 0.549. The van der Waals surface area contributed by atoms with Gasteiger partial charge in [-0.3, -0.25) is 0 Å². The van der Waals surface area contributed by atoms with Crippen molar-refractivity contribution in [1.82, 2.24) is 0 Å². The summed E-state index contributed by atoms with van der Waals surface area (Å²) < 4.78 is 11.2. The average molecular weight is 301 g/mol. The zero-order valence-electron chi connectivity index (χ0n) is 9.40. The molecular weight excluding hydrogens is 288 g/mol. The molecule has 1 fully saturated rings. The van der Waals surface area contributed by atoms with E-state index in [1.54, 1.807) is 12.1 Å². The van der Waals surface area contributed by atoms with Crippen molar-refractivity contribution in [3.63, 3.8) is 0 Å². The predicted octanol–water partition coefficient (Wildman–Crippen LogP) is 2.94. The minimum absolute atomic E-state index is 0.116. The van der Waals surface area contributed by atoms with E-state index in [0.29, 0.717) is 28.5 Å². The van der Waals surface area contributed by atoms with Gasteiger partial charge in [0.05, 0.1) is 13.7 Å². The number of benzene rings is 1. The second-order valence-corrected chi connectivity index (χ2v) is 4.87. The van der Waals surface area contributed by atoms with Crippen LogP contribution in [-0.2, 0) is 0 Å². The Bertz CT molecular complexity index is 440. The molecular formula is C12H13BrO4. The summed E-state index contributed by atoms with van der Waals surface area (Å²) in [6, 6.07) is 3.34. The molecule has 1 aliphatic carbocycles. The lowest BCUT2D eigenvalue weighted by Crippen LogP contribution is -2.08. The smallest absolute Gasteiger partial charge is 0.340 e. The molecule has 1 aromatic rings. The van der Waals surface area contributed by atoms with Crippen molar-refractivity contribution in [2.75, 3.05) is 13.7 Å². The quantitative estimate of drug-likeness (QED) is 0.908. The Labute approximate surface area is 108 Å². The maximum absolute atomic E-state index is 11.2. The highest BCUT2D eigenvalue weighted by atomic mass is 79.9. The maximum Gasteiger partial charge on any atom is 0.340 e. The summed E-state index contributed by atoms with van der Waals surface area (Å²) >= 11 is 3.22. The molecule has 0 saturated heterocycles. The summed E-state index contributed by atoms with van der Waals surface area (Å²) in [7, 11) is 1.50. The molecule has 0 spiro atoms. The number of methoxy groups -OCH3 is 1. The van der Waals surface area contributed by atoms with Crippen molar-refractivity contribution in [2.24, 2.45) is 5.92 Å². The van der Waals surface area contributed by atoms with Crippen LogP contribution in [0, 0.1) is 5.92 Å². The van der Waals surface area contributed by atoms with Crippen LogP contribution in [0.3, 0.4) is 0 Å². The Kier molecular flexibility index (Phi) is 3.57.